The number of carbonyl (C=O) groups excluding carboxylic acids is 3. The molecule has 2 fully saturated rings. The number of amides is 2. The zero-order valence-electron chi connectivity index (χ0n) is 15.1. The SMILES string of the molecule is CC(=O)C1C2C(=O)N(c3ccccc3Cl)C(=O)C2C2c3ccccc3C=CN12. The van der Waals surface area contributed by atoms with E-state index in [1.54, 1.807) is 24.3 Å². The van der Waals surface area contributed by atoms with Gasteiger partial charge in [-0.3, -0.25) is 14.4 Å². The van der Waals surface area contributed by atoms with Crippen molar-refractivity contribution in [2.75, 3.05) is 4.90 Å². The number of anilines is 1. The van der Waals surface area contributed by atoms with Crippen molar-refractivity contribution in [2.24, 2.45) is 11.8 Å². The molecule has 0 aromatic heterocycles. The second kappa shape index (κ2) is 6.04. The molecule has 6 heteroatoms. The number of Topliss-reactive ketones (excluding diaryl/α,β-unsaturated/α-hetero) is 1. The summed E-state index contributed by atoms with van der Waals surface area (Å²) in [6, 6.07) is 13.6. The number of para-hydroxylation sites is 1. The summed E-state index contributed by atoms with van der Waals surface area (Å²) >= 11 is 6.27. The number of hydrogen-bond donors (Lipinski definition) is 0. The van der Waals surface area contributed by atoms with Crippen molar-refractivity contribution in [3.05, 3.63) is 70.9 Å². The molecule has 2 saturated heterocycles. The van der Waals surface area contributed by atoms with Crippen LogP contribution in [0.3, 0.4) is 0 Å². The first-order valence-corrected chi connectivity index (χ1v) is 9.56. The number of carbonyl (C=O) groups is 3. The molecule has 140 valence electrons. The van der Waals surface area contributed by atoms with Gasteiger partial charge in [-0.05, 0) is 36.3 Å². The van der Waals surface area contributed by atoms with Crippen molar-refractivity contribution in [1.82, 2.24) is 4.90 Å². The van der Waals surface area contributed by atoms with Gasteiger partial charge in [0.15, 0.2) is 5.78 Å². The molecule has 5 nitrogen and oxygen atoms in total. The van der Waals surface area contributed by atoms with Crippen molar-refractivity contribution in [3.63, 3.8) is 0 Å². The number of rotatable bonds is 2. The summed E-state index contributed by atoms with van der Waals surface area (Å²) in [7, 11) is 0. The average Bonchev–Trinajstić information content (AvgIpc) is 3.16. The van der Waals surface area contributed by atoms with Crippen molar-refractivity contribution in [2.45, 2.75) is 19.0 Å². The van der Waals surface area contributed by atoms with E-state index in [-0.39, 0.29) is 23.6 Å². The van der Waals surface area contributed by atoms with Crippen LogP contribution in [0.25, 0.3) is 6.08 Å². The van der Waals surface area contributed by atoms with E-state index >= 15 is 0 Å². The molecule has 2 aromatic carbocycles. The van der Waals surface area contributed by atoms with Crippen LogP contribution in [-0.2, 0) is 14.4 Å². The normalized spacial score (nSPS) is 27.6. The van der Waals surface area contributed by atoms with Crippen LogP contribution in [0.2, 0.25) is 5.02 Å². The van der Waals surface area contributed by atoms with Crippen LogP contribution >= 0.6 is 11.6 Å². The Hall–Kier alpha value is -2.92. The summed E-state index contributed by atoms with van der Waals surface area (Å²) in [6.45, 7) is 1.48. The molecule has 0 spiro atoms. The fraction of sp³-hybridized carbons (Fsp3) is 0.227. The Bertz CT molecular complexity index is 1060. The predicted molar refractivity (Wildman–Crippen MR) is 105 cm³/mol. The van der Waals surface area contributed by atoms with Crippen LogP contribution in [0, 0.1) is 11.8 Å². The number of imide groups is 1. The van der Waals surface area contributed by atoms with Gasteiger partial charge in [-0.15, -0.1) is 0 Å². The molecule has 0 radical (unpaired) electrons. The minimum Gasteiger partial charge on any atom is -0.359 e. The summed E-state index contributed by atoms with van der Waals surface area (Å²) in [5.41, 5.74) is 2.34. The minimum absolute atomic E-state index is 0.122. The fourth-order valence-electron chi connectivity index (χ4n) is 4.89. The van der Waals surface area contributed by atoms with Crippen LogP contribution < -0.4 is 4.90 Å². The maximum atomic E-state index is 13.5. The third-order valence-electron chi connectivity index (χ3n) is 5.97. The first kappa shape index (κ1) is 17.2. The van der Waals surface area contributed by atoms with Crippen molar-refractivity contribution in [1.29, 1.82) is 0 Å². The first-order chi connectivity index (χ1) is 13.5. The van der Waals surface area contributed by atoms with Gasteiger partial charge in [-0.2, -0.15) is 0 Å². The van der Waals surface area contributed by atoms with E-state index in [1.165, 1.54) is 11.8 Å². The maximum Gasteiger partial charge on any atom is 0.240 e. The smallest absolute Gasteiger partial charge is 0.240 e. The van der Waals surface area contributed by atoms with Gasteiger partial charge in [0.25, 0.3) is 0 Å². The highest BCUT2D eigenvalue weighted by Gasteiger charge is 2.64. The Morgan fingerprint density at radius 3 is 2.39 bits per heavy atom. The Morgan fingerprint density at radius 1 is 0.964 bits per heavy atom. The van der Waals surface area contributed by atoms with Crippen molar-refractivity contribution >= 4 is 41.0 Å². The zero-order chi connectivity index (χ0) is 19.6. The molecule has 2 amide bonds. The van der Waals surface area contributed by atoms with Gasteiger partial charge >= 0.3 is 0 Å². The molecule has 4 unspecified atom stereocenters. The predicted octanol–water partition coefficient (Wildman–Crippen LogP) is 3.44. The van der Waals surface area contributed by atoms with E-state index in [0.717, 1.165) is 11.1 Å². The standard InChI is InChI=1S/C22H17ClN2O3/c1-12(26)19-17-18(20-14-7-3-2-6-13(14)10-11-24(19)20)22(28)25(21(17)27)16-9-5-4-8-15(16)23/h2-11,17-20H,1H3. The number of ketones is 1. The summed E-state index contributed by atoms with van der Waals surface area (Å²) in [6.07, 6.45) is 3.78. The third-order valence-corrected chi connectivity index (χ3v) is 6.29. The zero-order valence-corrected chi connectivity index (χ0v) is 15.8. The van der Waals surface area contributed by atoms with Crippen molar-refractivity contribution < 1.29 is 14.4 Å². The quantitative estimate of drug-likeness (QED) is 0.734. The summed E-state index contributed by atoms with van der Waals surface area (Å²) in [5, 5.41) is 0.337. The van der Waals surface area contributed by atoms with E-state index in [9.17, 15) is 14.4 Å². The lowest BCUT2D eigenvalue weighted by Crippen LogP contribution is -2.43. The molecule has 0 aliphatic carbocycles. The Labute approximate surface area is 167 Å². The van der Waals surface area contributed by atoms with Gasteiger partial charge in [0.1, 0.15) is 0 Å². The number of benzene rings is 2. The molecule has 0 bridgehead atoms. The first-order valence-electron chi connectivity index (χ1n) is 9.18. The van der Waals surface area contributed by atoms with Crippen LogP contribution in [-0.4, -0.2) is 28.5 Å². The molecular formula is C22H17ClN2O3. The number of halogens is 1. The van der Waals surface area contributed by atoms with E-state index in [1.807, 2.05) is 41.4 Å². The Morgan fingerprint density at radius 2 is 1.64 bits per heavy atom. The highest BCUT2D eigenvalue weighted by atomic mass is 35.5. The third kappa shape index (κ3) is 2.17. The molecule has 0 N–H and O–H groups in total. The lowest BCUT2D eigenvalue weighted by molar-refractivity contribution is -0.129. The second-order valence-electron chi connectivity index (χ2n) is 7.41. The summed E-state index contributed by atoms with van der Waals surface area (Å²) in [5.74, 6) is -2.12. The molecule has 2 aromatic rings. The monoisotopic (exact) mass is 392 g/mol. The van der Waals surface area contributed by atoms with E-state index in [2.05, 4.69) is 0 Å². The molecular weight excluding hydrogens is 376 g/mol. The lowest BCUT2D eigenvalue weighted by Gasteiger charge is -2.35. The minimum atomic E-state index is -0.720. The molecule has 3 heterocycles. The molecule has 0 saturated carbocycles. The highest BCUT2D eigenvalue weighted by molar-refractivity contribution is 6.36. The summed E-state index contributed by atoms with van der Waals surface area (Å²) in [4.78, 5) is 42.4. The van der Waals surface area contributed by atoms with Crippen LogP contribution in [0.1, 0.15) is 24.1 Å². The largest absolute Gasteiger partial charge is 0.359 e. The fourth-order valence-corrected chi connectivity index (χ4v) is 5.11. The van der Waals surface area contributed by atoms with Gasteiger partial charge in [0.05, 0.1) is 34.6 Å². The van der Waals surface area contributed by atoms with Gasteiger partial charge < -0.3 is 4.90 Å². The maximum absolute atomic E-state index is 13.5. The molecule has 3 aliphatic heterocycles. The molecule has 5 rings (SSSR count). The number of nitrogens with zero attached hydrogens (tertiary/aromatic N) is 2. The molecule has 3 aliphatic rings. The van der Waals surface area contributed by atoms with E-state index in [0.29, 0.717) is 10.7 Å². The van der Waals surface area contributed by atoms with Crippen LogP contribution in [0.5, 0.6) is 0 Å². The van der Waals surface area contributed by atoms with Gasteiger partial charge in [0, 0.05) is 6.20 Å². The summed E-state index contributed by atoms with van der Waals surface area (Å²) < 4.78 is 0. The van der Waals surface area contributed by atoms with Crippen LogP contribution in [0.4, 0.5) is 5.69 Å². The topological polar surface area (TPSA) is 57.7 Å². The van der Waals surface area contributed by atoms with Gasteiger partial charge in [-0.1, -0.05) is 48.0 Å². The Kier molecular flexibility index (Phi) is 3.71. The van der Waals surface area contributed by atoms with Gasteiger partial charge in [-0.25, -0.2) is 4.90 Å². The molecule has 4 atom stereocenters. The average molecular weight is 393 g/mol. The Balaban J connectivity index is 1.67. The second-order valence-corrected chi connectivity index (χ2v) is 7.81. The van der Waals surface area contributed by atoms with Gasteiger partial charge in [0.2, 0.25) is 11.8 Å². The lowest BCUT2D eigenvalue weighted by atomic mass is 9.84. The van der Waals surface area contributed by atoms with E-state index in [4.69, 9.17) is 11.6 Å². The van der Waals surface area contributed by atoms with Crippen molar-refractivity contribution in [3.8, 4) is 0 Å². The number of fused-ring (bicyclic) bond motifs is 5. The van der Waals surface area contributed by atoms with Crippen LogP contribution in [0.15, 0.2) is 54.7 Å². The number of hydrogen-bond acceptors (Lipinski definition) is 4. The highest BCUT2D eigenvalue weighted by Crippen LogP contribution is 2.53. The van der Waals surface area contributed by atoms with E-state index < -0.39 is 17.9 Å². The molecule has 28 heavy (non-hydrogen) atoms.